The van der Waals surface area contributed by atoms with E-state index in [1.54, 1.807) is 48.5 Å². The van der Waals surface area contributed by atoms with Crippen LogP contribution in [0.5, 0.6) is 0 Å². The van der Waals surface area contributed by atoms with E-state index in [4.69, 9.17) is 16.3 Å². The minimum absolute atomic E-state index is 0.142. The second kappa shape index (κ2) is 9.11. The number of carbonyl (C=O) groups excluding carboxylic acids is 2. The Morgan fingerprint density at radius 2 is 1.57 bits per heavy atom. The van der Waals surface area contributed by atoms with Crippen LogP contribution in [-0.2, 0) is 11.2 Å². The van der Waals surface area contributed by atoms with Gasteiger partial charge in [-0.05, 0) is 66.1 Å². The third-order valence-electron chi connectivity index (χ3n) is 5.05. The molecule has 5 nitrogen and oxygen atoms in total. The molecule has 0 saturated carbocycles. The molecule has 0 spiro atoms. The van der Waals surface area contributed by atoms with Crippen LogP contribution in [0, 0.1) is 0 Å². The summed E-state index contributed by atoms with van der Waals surface area (Å²) in [6.07, 6.45) is 0.751. The molecular formula is C24H21ClN2O3. The standard InChI is InChI=1S/C24H21ClN2O3/c25-19-9-5-18(6-10-19)24(29)27-20-11-7-17(8-12-20)23(28)26-15-22-21-4-2-1-3-16(21)13-14-30-22/h1-12,22H,13-15H2,(H,26,28)(H,27,29)/t22-/m1/s1. The lowest BCUT2D eigenvalue weighted by Crippen LogP contribution is -2.31. The summed E-state index contributed by atoms with van der Waals surface area (Å²) >= 11 is 5.85. The van der Waals surface area contributed by atoms with Crippen LogP contribution in [0.15, 0.2) is 72.8 Å². The van der Waals surface area contributed by atoms with E-state index in [-0.39, 0.29) is 17.9 Å². The van der Waals surface area contributed by atoms with Crippen molar-refractivity contribution >= 4 is 29.1 Å². The largest absolute Gasteiger partial charge is 0.371 e. The summed E-state index contributed by atoms with van der Waals surface area (Å²) in [5.41, 5.74) is 4.03. The number of carbonyl (C=O) groups is 2. The van der Waals surface area contributed by atoms with Crippen LogP contribution < -0.4 is 10.6 Å². The van der Waals surface area contributed by atoms with Crippen LogP contribution in [0.3, 0.4) is 0 Å². The highest BCUT2D eigenvalue weighted by molar-refractivity contribution is 6.30. The minimum Gasteiger partial charge on any atom is -0.371 e. The zero-order valence-electron chi connectivity index (χ0n) is 16.2. The summed E-state index contributed by atoms with van der Waals surface area (Å²) in [4.78, 5) is 24.8. The number of anilines is 1. The molecular weight excluding hydrogens is 400 g/mol. The Kier molecular flexibility index (Phi) is 6.12. The summed E-state index contributed by atoms with van der Waals surface area (Å²) in [5.74, 6) is -0.422. The lowest BCUT2D eigenvalue weighted by molar-refractivity contribution is 0.0411. The van der Waals surface area contributed by atoms with E-state index in [1.165, 1.54) is 5.56 Å². The van der Waals surface area contributed by atoms with Crippen molar-refractivity contribution in [3.63, 3.8) is 0 Å². The SMILES string of the molecule is O=C(NC[C@H]1OCCc2ccccc21)c1ccc(NC(=O)c2ccc(Cl)cc2)cc1. The van der Waals surface area contributed by atoms with Gasteiger partial charge in [-0.1, -0.05) is 35.9 Å². The maximum atomic E-state index is 12.5. The molecule has 1 aliphatic rings. The van der Waals surface area contributed by atoms with Gasteiger partial charge in [0, 0.05) is 28.4 Å². The number of ether oxygens (including phenoxy) is 1. The van der Waals surface area contributed by atoms with E-state index in [9.17, 15) is 9.59 Å². The van der Waals surface area contributed by atoms with Crippen LogP contribution in [0.2, 0.25) is 5.02 Å². The molecule has 1 aliphatic heterocycles. The van der Waals surface area contributed by atoms with Crippen LogP contribution in [0.1, 0.15) is 37.9 Å². The highest BCUT2D eigenvalue weighted by Crippen LogP contribution is 2.26. The maximum absolute atomic E-state index is 12.5. The van der Waals surface area contributed by atoms with E-state index in [2.05, 4.69) is 16.7 Å². The van der Waals surface area contributed by atoms with Gasteiger partial charge < -0.3 is 15.4 Å². The molecule has 3 aromatic rings. The van der Waals surface area contributed by atoms with Crippen LogP contribution in [0.4, 0.5) is 5.69 Å². The van der Waals surface area contributed by atoms with Crippen molar-refractivity contribution in [1.29, 1.82) is 0 Å². The molecule has 0 fully saturated rings. The Labute approximate surface area is 180 Å². The Morgan fingerprint density at radius 3 is 2.33 bits per heavy atom. The number of amides is 2. The van der Waals surface area contributed by atoms with E-state index < -0.39 is 0 Å². The molecule has 1 heterocycles. The molecule has 152 valence electrons. The first-order valence-electron chi connectivity index (χ1n) is 9.75. The van der Waals surface area contributed by atoms with E-state index in [0.29, 0.717) is 35.0 Å². The van der Waals surface area contributed by atoms with Gasteiger partial charge in [-0.2, -0.15) is 0 Å². The molecule has 4 rings (SSSR count). The van der Waals surface area contributed by atoms with E-state index in [1.807, 2.05) is 18.2 Å². The predicted octanol–water partition coefficient (Wildman–Crippen LogP) is 4.64. The predicted molar refractivity (Wildman–Crippen MR) is 117 cm³/mol. The first-order valence-corrected chi connectivity index (χ1v) is 10.1. The van der Waals surface area contributed by atoms with Gasteiger partial charge in [0.2, 0.25) is 0 Å². The van der Waals surface area contributed by atoms with Crippen LogP contribution in [0.25, 0.3) is 0 Å². The molecule has 30 heavy (non-hydrogen) atoms. The number of rotatable bonds is 5. The summed E-state index contributed by atoms with van der Waals surface area (Å²) in [6, 6.07) is 21.6. The van der Waals surface area contributed by atoms with Crippen molar-refractivity contribution in [1.82, 2.24) is 5.32 Å². The number of hydrogen-bond donors (Lipinski definition) is 2. The molecule has 0 saturated heterocycles. The van der Waals surface area contributed by atoms with Crippen molar-refractivity contribution in [2.75, 3.05) is 18.5 Å². The second-order valence-electron chi connectivity index (χ2n) is 7.06. The zero-order valence-corrected chi connectivity index (χ0v) is 17.0. The highest BCUT2D eigenvalue weighted by Gasteiger charge is 2.21. The third kappa shape index (κ3) is 4.70. The first-order chi connectivity index (χ1) is 14.6. The summed E-state index contributed by atoms with van der Waals surface area (Å²) in [7, 11) is 0. The molecule has 2 N–H and O–H groups in total. The fourth-order valence-electron chi connectivity index (χ4n) is 3.44. The van der Waals surface area contributed by atoms with E-state index in [0.717, 1.165) is 12.0 Å². The smallest absolute Gasteiger partial charge is 0.255 e. The number of hydrogen-bond acceptors (Lipinski definition) is 3. The van der Waals surface area contributed by atoms with Gasteiger partial charge in [0.05, 0.1) is 6.61 Å². The first kappa shape index (κ1) is 20.1. The topological polar surface area (TPSA) is 67.4 Å². The number of benzene rings is 3. The van der Waals surface area contributed by atoms with Gasteiger partial charge in [0.25, 0.3) is 11.8 Å². The molecule has 0 bridgehead atoms. The average Bonchev–Trinajstić information content (AvgIpc) is 2.78. The van der Waals surface area contributed by atoms with Crippen LogP contribution in [-0.4, -0.2) is 25.0 Å². The lowest BCUT2D eigenvalue weighted by Gasteiger charge is -2.26. The van der Waals surface area contributed by atoms with Crippen molar-refractivity contribution in [3.05, 3.63) is 100 Å². The van der Waals surface area contributed by atoms with Crippen molar-refractivity contribution < 1.29 is 14.3 Å². The van der Waals surface area contributed by atoms with Crippen molar-refractivity contribution in [2.24, 2.45) is 0 Å². The molecule has 0 aliphatic carbocycles. The van der Waals surface area contributed by atoms with Crippen LogP contribution >= 0.6 is 11.6 Å². The summed E-state index contributed by atoms with van der Waals surface area (Å²) in [5, 5.41) is 6.32. The Hall–Kier alpha value is -3.15. The van der Waals surface area contributed by atoms with Gasteiger partial charge in [-0.3, -0.25) is 9.59 Å². The second-order valence-corrected chi connectivity index (χ2v) is 7.49. The Balaban J connectivity index is 1.34. The minimum atomic E-state index is -0.239. The number of halogens is 1. The number of nitrogens with one attached hydrogen (secondary N) is 2. The average molecular weight is 421 g/mol. The maximum Gasteiger partial charge on any atom is 0.255 e. The fraction of sp³-hybridized carbons (Fsp3) is 0.167. The molecule has 0 radical (unpaired) electrons. The Bertz CT molecular complexity index is 1050. The molecule has 1 atom stereocenters. The van der Waals surface area contributed by atoms with Gasteiger partial charge in [0.15, 0.2) is 0 Å². The van der Waals surface area contributed by atoms with Gasteiger partial charge >= 0.3 is 0 Å². The van der Waals surface area contributed by atoms with E-state index >= 15 is 0 Å². The van der Waals surface area contributed by atoms with Gasteiger partial charge in [-0.25, -0.2) is 0 Å². The quantitative estimate of drug-likeness (QED) is 0.632. The molecule has 0 unspecified atom stereocenters. The molecule has 2 amide bonds. The van der Waals surface area contributed by atoms with Crippen molar-refractivity contribution in [2.45, 2.75) is 12.5 Å². The molecule has 3 aromatic carbocycles. The Morgan fingerprint density at radius 1 is 0.900 bits per heavy atom. The zero-order chi connectivity index (χ0) is 20.9. The molecule has 6 heteroatoms. The number of fused-ring (bicyclic) bond motifs is 1. The van der Waals surface area contributed by atoms with Crippen molar-refractivity contribution in [3.8, 4) is 0 Å². The highest BCUT2D eigenvalue weighted by atomic mass is 35.5. The normalized spacial score (nSPS) is 15.2. The summed E-state index contributed by atoms with van der Waals surface area (Å²) in [6.45, 7) is 1.06. The fourth-order valence-corrected chi connectivity index (χ4v) is 3.57. The van der Waals surface area contributed by atoms with Gasteiger partial charge in [-0.15, -0.1) is 0 Å². The summed E-state index contributed by atoms with van der Waals surface area (Å²) < 4.78 is 5.83. The third-order valence-corrected chi connectivity index (χ3v) is 5.30. The lowest BCUT2D eigenvalue weighted by atomic mass is 9.97. The molecule has 0 aromatic heterocycles. The monoisotopic (exact) mass is 420 g/mol. The van der Waals surface area contributed by atoms with Gasteiger partial charge in [0.1, 0.15) is 6.10 Å².